The van der Waals surface area contributed by atoms with E-state index in [9.17, 15) is 36.2 Å². The van der Waals surface area contributed by atoms with Gasteiger partial charge >= 0.3 is 18.3 Å². The van der Waals surface area contributed by atoms with Gasteiger partial charge in [-0.05, 0) is 49.4 Å². The quantitative estimate of drug-likeness (QED) is 0.262. The minimum atomic E-state index is -4.64. The van der Waals surface area contributed by atoms with Crippen molar-refractivity contribution in [2.45, 2.75) is 44.7 Å². The van der Waals surface area contributed by atoms with Gasteiger partial charge in [0, 0.05) is 12.1 Å². The zero-order valence-corrected chi connectivity index (χ0v) is 20.3. The Hall–Kier alpha value is -4.16. The number of hydrogen-bond donors (Lipinski definition) is 2. The van der Waals surface area contributed by atoms with E-state index in [4.69, 9.17) is 0 Å². The number of alkyl halides is 6. The lowest BCUT2D eigenvalue weighted by Crippen LogP contribution is -2.38. The average Bonchev–Trinajstić information content (AvgIpc) is 3.62. The number of rotatable bonds is 7. The molecule has 1 fully saturated rings. The summed E-state index contributed by atoms with van der Waals surface area (Å²) in [6.07, 6.45) is -8.49. The molecule has 7 nitrogen and oxygen atoms in total. The van der Waals surface area contributed by atoms with Gasteiger partial charge in [-0.25, -0.2) is 19.7 Å². The SMILES string of the molecule is Cc1cccc(-c2nc3nc(C(=O)O)nc(NC(C4CC4)C(F)(F)F)c3n2Cc2ccc(C(F)(F)F)cc2)c1. The molecule has 1 aliphatic rings. The Morgan fingerprint density at radius 2 is 1.74 bits per heavy atom. The van der Waals surface area contributed by atoms with Crippen LogP contribution >= 0.6 is 0 Å². The van der Waals surface area contributed by atoms with Crippen LogP contribution in [-0.2, 0) is 12.7 Å². The molecule has 0 amide bonds. The van der Waals surface area contributed by atoms with Crippen molar-refractivity contribution in [2.75, 3.05) is 5.32 Å². The van der Waals surface area contributed by atoms with E-state index in [2.05, 4.69) is 20.3 Å². The lowest BCUT2D eigenvalue weighted by molar-refractivity contribution is -0.146. The maximum Gasteiger partial charge on any atom is 0.416 e. The first kappa shape index (κ1) is 26.4. The second-order valence-electron chi connectivity index (χ2n) is 9.46. The van der Waals surface area contributed by atoms with Crippen molar-refractivity contribution in [3.05, 3.63) is 71.0 Å². The van der Waals surface area contributed by atoms with Crippen LogP contribution in [0.25, 0.3) is 22.6 Å². The number of nitrogens with zero attached hydrogens (tertiary/aromatic N) is 4. The molecule has 0 bridgehead atoms. The van der Waals surface area contributed by atoms with Crippen molar-refractivity contribution in [1.29, 1.82) is 0 Å². The van der Waals surface area contributed by atoms with Gasteiger partial charge in [0.05, 0.1) is 5.56 Å². The molecule has 1 aliphatic carbocycles. The molecule has 0 spiro atoms. The van der Waals surface area contributed by atoms with Gasteiger partial charge in [-0.2, -0.15) is 26.3 Å². The van der Waals surface area contributed by atoms with Crippen LogP contribution in [-0.4, -0.2) is 42.8 Å². The van der Waals surface area contributed by atoms with E-state index in [0.29, 0.717) is 24.0 Å². The van der Waals surface area contributed by atoms with Gasteiger partial charge in [0.15, 0.2) is 11.5 Å². The van der Waals surface area contributed by atoms with Gasteiger partial charge in [0.1, 0.15) is 17.4 Å². The number of fused-ring (bicyclic) bond motifs is 1. The summed E-state index contributed by atoms with van der Waals surface area (Å²) in [5, 5.41) is 11.9. The van der Waals surface area contributed by atoms with Gasteiger partial charge in [-0.1, -0.05) is 35.9 Å². The molecule has 0 aliphatic heterocycles. The molecule has 0 saturated heterocycles. The average molecular weight is 549 g/mol. The molecule has 1 unspecified atom stereocenters. The second kappa shape index (κ2) is 9.54. The van der Waals surface area contributed by atoms with Crippen LogP contribution in [0.5, 0.6) is 0 Å². The molecule has 1 atom stereocenters. The highest BCUT2D eigenvalue weighted by molar-refractivity contribution is 5.92. The molecular weight excluding hydrogens is 528 g/mol. The smallest absolute Gasteiger partial charge is 0.416 e. The molecule has 4 aromatic rings. The molecule has 0 radical (unpaired) electrons. The molecule has 2 heterocycles. The molecule has 204 valence electrons. The first-order valence-corrected chi connectivity index (χ1v) is 11.9. The fraction of sp³-hybridized carbons (Fsp3) is 0.308. The normalized spacial score (nSPS) is 14.9. The summed E-state index contributed by atoms with van der Waals surface area (Å²) < 4.78 is 82.5. The number of carboxylic acids is 1. The molecule has 1 saturated carbocycles. The summed E-state index contributed by atoms with van der Waals surface area (Å²) >= 11 is 0. The summed E-state index contributed by atoms with van der Waals surface area (Å²) in [5.41, 5.74) is 0.796. The maximum absolute atomic E-state index is 13.9. The zero-order chi connectivity index (χ0) is 28.1. The Labute approximate surface area is 217 Å². The summed E-state index contributed by atoms with van der Waals surface area (Å²) in [5.74, 6) is -3.12. The molecule has 5 rings (SSSR count). The third kappa shape index (κ3) is 5.52. The van der Waals surface area contributed by atoms with Crippen molar-refractivity contribution in [3.63, 3.8) is 0 Å². The third-order valence-electron chi connectivity index (χ3n) is 6.43. The minimum Gasteiger partial charge on any atom is -0.475 e. The fourth-order valence-electron chi connectivity index (χ4n) is 4.42. The fourth-order valence-corrected chi connectivity index (χ4v) is 4.42. The van der Waals surface area contributed by atoms with E-state index >= 15 is 0 Å². The highest BCUT2D eigenvalue weighted by Crippen LogP contribution is 2.42. The molecular formula is C26H21F6N5O2. The molecule has 2 N–H and O–H groups in total. The van der Waals surface area contributed by atoms with E-state index in [1.54, 1.807) is 18.2 Å². The molecule has 13 heteroatoms. The van der Waals surface area contributed by atoms with Crippen molar-refractivity contribution >= 4 is 23.0 Å². The van der Waals surface area contributed by atoms with Gasteiger partial charge in [-0.15, -0.1) is 0 Å². The number of carboxylic acid groups (broad SMARTS) is 1. The summed E-state index contributed by atoms with van der Waals surface area (Å²) in [7, 11) is 0. The number of aryl methyl sites for hydroxylation is 1. The van der Waals surface area contributed by atoms with Crippen LogP contribution < -0.4 is 5.32 Å². The number of benzene rings is 2. The predicted molar refractivity (Wildman–Crippen MR) is 129 cm³/mol. The number of halogens is 6. The highest BCUT2D eigenvalue weighted by Gasteiger charge is 2.49. The van der Waals surface area contributed by atoms with E-state index in [1.807, 2.05) is 13.0 Å². The van der Waals surface area contributed by atoms with Crippen LogP contribution in [0.15, 0.2) is 48.5 Å². The lowest BCUT2D eigenvalue weighted by Gasteiger charge is -2.22. The molecule has 2 aromatic heterocycles. The first-order valence-electron chi connectivity index (χ1n) is 11.9. The minimum absolute atomic E-state index is 0.00584. The zero-order valence-electron chi connectivity index (χ0n) is 20.3. The van der Waals surface area contributed by atoms with Crippen molar-refractivity contribution < 1.29 is 36.2 Å². The Morgan fingerprint density at radius 1 is 1.05 bits per heavy atom. The van der Waals surface area contributed by atoms with Crippen molar-refractivity contribution in [1.82, 2.24) is 19.5 Å². The monoisotopic (exact) mass is 549 g/mol. The second-order valence-corrected chi connectivity index (χ2v) is 9.46. The van der Waals surface area contributed by atoms with Gasteiger partial charge in [0.2, 0.25) is 5.82 Å². The van der Waals surface area contributed by atoms with Gasteiger partial charge < -0.3 is 15.0 Å². The Morgan fingerprint density at radius 3 is 2.31 bits per heavy atom. The Bertz CT molecular complexity index is 1540. The molecule has 2 aromatic carbocycles. The van der Waals surface area contributed by atoms with Crippen molar-refractivity contribution in [3.8, 4) is 11.4 Å². The maximum atomic E-state index is 13.9. The highest BCUT2D eigenvalue weighted by atomic mass is 19.4. The van der Waals surface area contributed by atoms with Crippen LogP contribution in [0, 0.1) is 12.8 Å². The number of imidazole rings is 1. The summed E-state index contributed by atoms with van der Waals surface area (Å²) in [6.45, 7) is 1.73. The number of anilines is 1. The number of hydrogen-bond acceptors (Lipinski definition) is 5. The summed E-state index contributed by atoms with van der Waals surface area (Å²) in [6, 6.07) is 9.41. The summed E-state index contributed by atoms with van der Waals surface area (Å²) in [4.78, 5) is 24.1. The third-order valence-corrected chi connectivity index (χ3v) is 6.43. The van der Waals surface area contributed by atoms with Crippen LogP contribution in [0.4, 0.5) is 32.2 Å². The van der Waals surface area contributed by atoms with Crippen LogP contribution in [0.2, 0.25) is 0 Å². The van der Waals surface area contributed by atoms with E-state index in [-0.39, 0.29) is 29.4 Å². The van der Waals surface area contributed by atoms with E-state index in [1.165, 1.54) is 16.7 Å². The number of nitrogens with one attached hydrogen (secondary N) is 1. The van der Waals surface area contributed by atoms with E-state index < -0.39 is 41.7 Å². The standard InChI is InChI=1S/C26H21F6N5O2/c1-13-3-2-4-16(11-13)23-36-21-18(37(23)12-14-5-9-17(10-6-14)25(27,28)29)20(34-22(35-21)24(38)39)33-19(15-7-8-15)26(30,31)32/h2-6,9-11,15,19H,7-8,12H2,1H3,(H,38,39)(H,33,34,35). The Balaban J connectivity index is 1.71. The van der Waals surface area contributed by atoms with Crippen molar-refractivity contribution in [2.24, 2.45) is 5.92 Å². The van der Waals surface area contributed by atoms with Crippen LogP contribution in [0.3, 0.4) is 0 Å². The van der Waals surface area contributed by atoms with E-state index in [0.717, 1.165) is 17.7 Å². The number of aromatic carboxylic acids is 1. The van der Waals surface area contributed by atoms with Gasteiger partial charge in [-0.3, -0.25) is 0 Å². The first-order chi connectivity index (χ1) is 18.3. The molecule has 39 heavy (non-hydrogen) atoms. The van der Waals surface area contributed by atoms with Gasteiger partial charge in [0.25, 0.3) is 0 Å². The topological polar surface area (TPSA) is 92.9 Å². The number of aromatic nitrogens is 4. The Kier molecular flexibility index (Phi) is 6.47. The number of carbonyl (C=O) groups is 1. The largest absolute Gasteiger partial charge is 0.475 e. The predicted octanol–water partition coefficient (Wildman–Crippen LogP) is 6.32. The lowest BCUT2D eigenvalue weighted by atomic mass is 10.1. The van der Waals surface area contributed by atoms with Crippen LogP contribution in [0.1, 0.15) is 40.2 Å².